The summed E-state index contributed by atoms with van der Waals surface area (Å²) in [5.74, 6) is -0.214. The maximum atomic E-state index is 12.7. The van der Waals surface area contributed by atoms with Gasteiger partial charge < -0.3 is 50.9 Å². The molecule has 0 spiro atoms. The number of nitrogen functional groups attached to an aromatic ring is 1. The number of amides is 2. The number of nitrogens with zero attached hydrogens (tertiary/aromatic N) is 4. The molecule has 10 N–H and O–H groups in total. The van der Waals surface area contributed by atoms with Gasteiger partial charge in [0.05, 0.1) is 19.5 Å². The summed E-state index contributed by atoms with van der Waals surface area (Å²) in [6, 6.07) is 0. The van der Waals surface area contributed by atoms with Gasteiger partial charge in [-0.3, -0.25) is 32.5 Å². The van der Waals surface area contributed by atoms with Crippen LogP contribution in [0.4, 0.5) is 5.82 Å². The number of aliphatic hydroxyl groups excluding tert-OH is 2. The molecule has 0 bridgehead atoms. The molecule has 372 valence electrons. The van der Waals surface area contributed by atoms with Crippen molar-refractivity contribution in [1.29, 1.82) is 0 Å². The minimum absolute atomic E-state index is 0.0335. The Morgan fingerprint density at radius 2 is 1.57 bits per heavy atom. The Kier molecular flexibility index (Phi) is 23.6. The van der Waals surface area contributed by atoms with Gasteiger partial charge >= 0.3 is 23.5 Å². The zero-order valence-electron chi connectivity index (χ0n) is 37.1. The Morgan fingerprint density at radius 3 is 2.25 bits per heavy atom. The van der Waals surface area contributed by atoms with Crippen LogP contribution in [0.3, 0.4) is 0 Å². The lowest BCUT2D eigenvalue weighted by atomic mass is 9.87. The van der Waals surface area contributed by atoms with E-state index in [0.717, 1.165) is 54.2 Å². The summed E-state index contributed by atoms with van der Waals surface area (Å²) in [5.41, 5.74) is 4.29. The minimum Gasteiger partial charge on any atom is -0.386 e. The standard InChI is InChI=1S/C37H66N7O17P3S/c1-5-6-14-25(2)15-12-10-8-7-9-11-13-16-28(46)65-20-19-39-27(45)17-18-40-35(49)32(48)37(3,4)22-58-64(55,56)61-63(53,54)57-21-26-31(60-62(50,51)52)30(47)36(59-26)44-24-43-29-33(38)41-23-42-34(29)44/h23-26,30-32,36,47-48H,5-22H2,1-4H3,(H,39,45)(H,40,49)(H,53,54)(H,55,56)(H2,38,41,42)(H2,50,51,52). The number of thioether (sulfide) groups is 1. The average Bonchev–Trinajstić information content (AvgIpc) is 3.78. The van der Waals surface area contributed by atoms with E-state index in [0.29, 0.717) is 12.2 Å². The summed E-state index contributed by atoms with van der Waals surface area (Å²) < 4.78 is 62.4. The number of imidazole rings is 1. The second-order valence-electron chi connectivity index (χ2n) is 16.6. The van der Waals surface area contributed by atoms with E-state index in [4.69, 9.17) is 19.5 Å². The SMILES string of the molecule is CCCCC(C)CCCCCCCCCC(=O)SCCNC(=O)CCNC(=O)C(O)C(C)(C)COP(=O)(O)OP(=O)(O)OCC1OC(n2cnc3c(N)ncnc32)C(O)C1OP(=O)(O)O. The minimum atomic E-state index is -5.57. The van der Waals surface area contributed by atoms with Gasteiger partial charge in [0.1, 0.15) is 36.3 Å². The fraction of sp³-hybridized carbons (Fsp3) is 0.784. The molecule has 1 saturated heterocycles. The van der Waals surface area contributed by atoms with Gasteiger partial charge in [-0.05, 0) is 12.3 Å². The Balaban J connectivity index is 1.33. The molecule has 0 aliphatic carbocycles. The van der Waals surface area contributed by atoms with Crippen molar-refractivity contribution in [2.75, 3.05) is 37.8 Å². The van der Waals surface area contributed by atoms with Crippen LogP contribution in [0.15, 0.2) is 12.7 Å². The van der Waals surface area contributed by atoms with Gasteiger partial charge in [-0.2, -0.15) is 4.31 Å². The third-order valence-corrected chi connectivity index (χ3v) is 14.4. The van der Waals surface area contributed by atoms with Crippen molar-refractivity contribution in [2.45, 2.75) is 142 Å². The highest BCUT2D eigenvalue weighted by Crippen LogP contribution is 2.61. The fourth-order valence-corrected chi connectivity index (χ4v) is 10.3. The second-order valence-corrected chi connectivity index (χ2v) is 21.9. The van der Waals surface area contributed by atoms with Crippen LogP contribution in [-0.4, -0.2) is 123 Å². The van der Waals surface area contributed by atoms with Crippen LogP contribution in [0, 0.1) is 11.3 Å². The molecule has 2 aromatic rings. The number of phosphoric acid groups is 3. The maximum absolute atomic E-state index is 12.7. The molecule has 2 aromatic heterocycles. The molecule has 1 aliphatic heterocycles. The topological polar surface area (TPSA) is 364 Å². The zero-order valence-corrected chi connectivity index (χ0v) is 40.6. The number of carbonyl (C=O) groups excluding carboxylic acids is 3. The van der Waals surface area contributed by atoms with Crippen molar-refractivity contribution in [2.24, 2.45) is 11.3 Å². The Labute approximate surface area is 382 Å². The number of hydrogen-bond donors (Lipinski definition) is 9. The Bertz CT molecular complexity index is 1980. The van der Waals surface area contributed by atoms with E-state index in [2.05, 4.69) is 48.3 Å². The molecule has 0 saturated carbocycles. The monoisotopic (exact) mass is 1010 g/mol. The van der Waals surface area contributed by atoms with Gasteiger partial charge in [-0.1, -0.05) is 104 Å². The number of carbonyl (C=O) groups is 3. The Morgan fingerprint density at radius 1 is 0.923 bits per heavy atom. The first-order valence-corrected chi connectivity index (χ1v) is 27.0. The smallest absolute Gasteiger partial charge is 0.386 e. The molecule has 8 atom stereocenters. The number of aromatic nitrogens is 4. The van der Waals surface area contributed by atoms with Crippen LogP contribution in [0.2, 0.25) is 0 Å². The summed E-state index contributed by atoms with van der Waals surface area (Å²) in [4.78, 5) is 88.3. The van der Waals surface area contributed by atoms with E-state index in [-0.39, 0.29) is 41.6 Å². The van der Waals surface area contributed by atoms with E-state index in [1.54, 1.807) is 0 Å². The lowest BCUT2D eigenvalue weighted by molar-refractivity contribution is -0.137. The lowest BCUT2D eigenvalue weighted by Gasteiger charge is -2.30. The predicted octanol–water partition coefficient (Wildman–Crippen LogP) is 4.00. The number of anilines is 1. The van der Waals surface area contributed by atoms with Crippen molar-refractivity contribution in [3.8, 4) is 0 Å². The Hall–Kier alpha value is -2.44. The van der Waals surface area contributed by atoms with Gasteiger partial charge in [0, 0.05) is 37.1 Å². The summed E-state index contributed by atoms with van der Waals surface area (Å²) in [5, 5.41) is 26.6. The van der Waals surface area contributed by atoms with E-state index in [1.807, 2.05) is 0 Å². The highest BCUT2D eigenvalue weighted by atomic mass is 32.2. The van der Waals surface area contributed by atoms with E-state index in [9.17, 15) is 57.9 Å². The van der Waals surface area contributed by atoms with Crippen LogP contribution in [0.25, 0.3) is 11.2 Å². The quantitative estimate of drug-likeness (QED) is 0.0369. The van der Waals surface area contributed by atoms with E-state index < -0.39 is 84.6 Å². The third kappa shape index (κ3) is 20.4. The van der Waals surface area contributed by atoms with Gasteiger partial charge in [0.15, 0.2) is 22.8 Å². The van der Waals surface area contributed by atoms with Crippen molar-refractivity contribution in [1.82, 2.24) is 30.2 Å². The van der Waals surface area contributed by atoms with Gasteiger partial charge in [0.25, 0.3) is 0 Å². The highest BCUT2D eigenvalue weighted by Gasteiger charge is 2.50. The molecule has 1 aliphatic rings. The molecule has 65 heavy (non-hydrogen) atoms. The number of unbranched alkanes of at least 4 members (excludes halogenated alkanes) is 7. The molecule has 0 aromatic carbocycles. The number of phosphoric ester groups is 3. The maximum Gasteiger partial charge on any atom is 0.481 e. The third-order valence-electron chi connectivity index (χ3n) is 10.4. The first-order valence-electron chi connectivity index (χ1n) is 21.5. The van der Waals surface area contributed by atoms with Crippen molar-refractivity contribution < 1.29 is 80.5 Å². The molecule has 2 amide bonds. The lowest BCUT2D eigenvalue weighted by Crippen LogP contribution is -2.46. The number of fused-ring (bicyclic) bond motifs is 1. The van der Waals surface area contributed by atoms with Crippen LogP contribution in [-0.2, 0) is 50.7 Å². The number of hydrogen-bond acceptors (Lipinski definition) is 18. The molecule has 8 unspecified atom stereocenters. The highest BCUT2D eigenvalue weighted by molar-refractivity contribution is 8.13. The van der Waals surface area contributed by atoms with Crippen molar-refractivity contribution >= 4 is 69.1 Å². The van der Waals surface area contributed by atoms with Crippen molar-refractivity contribution in [3.63, 3.8) is 0 Å². The zero-order chi connectivity index (χ0) is 48.4. The number of nitrogens with one attached hydrogen (secondary N) is 2. The van der Waals surface area contributed by atoms with Gasteiger partial charge in [0.2, 0.25) is 11.8 Å². The van der Waals surface area contributed by atoms with Crippen LogP contribution in [0.5, 0.6) is 0 Å². The average molecular weight is 1010 g/mol. The second kappa shape index (κ2) is 26.9. The number of nitrogens with two attached hydrogens (primary N) is 1. The molecule has 0 radical (unpaired) electrons. The van der Waals surface area contributed by atoms with Crippen LogP contribution >= 0.6 is 35.2 Å². The first-order chi connectivity index (χ1) is 30.4. The van der Waals surface area contributed by atoms with Crippen LogP contribution < -0.4 is 16.4 Å². The normalized spacial score (nSPS) is 20.8. The fourth-order valence-electron chi connectivity index (χ4n) is 6.71. The van der Waals surface area contributed by atoms with Crippen LogP contribution in [0.1, 0.15) is 117 Å². The van der Waals surface area contributed by atoms with Gasteiger partial charge in [-0.15, -0.1) is 0 Å². The van der Waals surface area contributed by atoms with E-state index in [1.165, 1.54) is 65.2 Å². The number of ether oxygens (including phenoxy) is 1. The molecule has 1 fully saturated rings. The number of aliphatic hydroxyl groups is 2. The molecule has 28 heteroatoms. The van der Waals surface area contributed by atoms with E-state index >= 15 is 0 Å². The molecular formula is C37H66N7O17P3S. The molecule has 24 nitrogen and oxygen atoms in total. The summed E-state index contributed by atoms with van der Waals surface area (Å²) in [6.07, 6.45) is 6.70. The number of rotatable bonds is 32. The molecule has 3 rings (SSSR count). The largest absolute Gasteiger partial charge is 0.481 e. The predicted molar refractivity (Wildman–Crippen MR) is 237 cm³/mol. The molecule has 3 heterocycles. The summed E-state index contributed by atoms with van der Waals surface area (Å²) in [6.45, 7) is 5.14. The first kappa shape index (κ1) is 56.9. The molecular weight excluding hydrogens is 939 g/mol. The summed E-state index contributed by atoms with van der Waals surface area (Å²) in [7, 11) is -16.4. The van der Waals surface area contributed by atoms with Crippen molar-refractivity contribution in [3.05, 3.63) is 12.7 Å². The summed E-state index contributed by atoms with van der Waals surface area (Å²) >= 11 is 1.15. The van der Waals surface area contributed by atoms with Gasteiger partial charge in [-0.25, -0.2) is 28.6 Å².